The van der Waals surface area contributed by atoms with Gasteiger partial charge in [-0.25, -0.2) is 0 Å². The number of ether oxygens (including phenoxy) is 8. The summed E-state index contributed by atoms with van der Waals surface area (Å²) in [5.41, 5.74) is 2.01. The number of allylic oxidation sites excluding steroid dienone is 3. The molecule has 0 spiro atoms. The molecule has 4 aliphatic rings. The number of esters is 1. The first-order valence-electron chi connectivity index (χ1n) is 22.0. The van der Waals surface area contributed by atoms with Crippen molar-refractivity contribution in [2.75, 3.05) is 34.9 Å². The lowest BCUT2D eigenvalue weighted by Crippen LogP contribution is -2.59. The molecule has 6 rings (SSSR count). The van der Waals surface area contributed by atoms with Crippen LogP contribution in [0, 0.1) is 23.7 Å². The molecule has 18 nitrogen and oxygen atoms in total. The SMILES string of the molecule is CC[C@H]1OC(=O)C[C@@H](O)[C@H](C)[C@@H](O[C@@H]2O[C@@H]3O[C@H]3C(N(C)C)C2O)[C@@H](CCn2cc(-c3ccccn3)nn2)C[C@@H](C)C(=O)/C=C/C(C)=C/[C@@H]1CO[C@@H]1OC(C)[C@@H](O)[C@H](OC)C1OC. The lowest BCUT2D eigenvalue weighted by molar-refractivity contribution is -0.304. The lowest BCUT2D eigenvalue weighted by atomic mass is 9.79. The summed E-state index contributed by atoms with van der Waals surface area (Å²) in [6, 6.07) is 5.13. The first-order chi connectivity index (χ1) is 30.1. The number of carbonyl (C=O) groups is 2. The van der Waals surface area contributed by atoms with E-state index >= 15 is 0 Å². The number of epoxide rings is 1. The Morgan fingerprint density at radius 1 is 0.937 bits per heavy atom. The first-order valence-corrected chi connectivity index (χ1v) is 22.0. The van der Waals surface area contributed by atoms with Crippen LogP contribution in [0.2, 0.25) is 0 Å². The van der Waals surface area contributed by atoms with Crippen molar-refractivity contribution >= 4 is 11.8 Å². The Morgan fingerprint density at radius 3 is 2.38 bits per heavy atom. The Bertz CT molecular complexity index is 1850. The van der Waals surface area contributed by atoms with Crippen LogP contribution in [0.25, 0.3) is 11.4 Å². The third-order valence-electron chi connectivity index (χ3n) is 12.8. The number of rotatable bonds is 13. The summed E-state index contributed by atoms with van der Waals surface area (Å²) in [6.07, 6.45) is -0.384. The summed E-state index contributed by atoms with van der Waals surface area (Å²) < 4.78 is 50.0. The van der Waals surface area contributed by atoms with Gasteiger partial charge in [0.2, 0.25) is 0 Å². The maximum absolute atomic E-state index is 14.0. The summed E-state index contributed by atoms with van der Waals surface area (Å²) in [5, 5.41) is 42.9. The summed E-state index contributed by atoms with van der Waals surface area (Å²) >= 11 is 0. The first kappa shape index (κ1) is 48.9. The molecule has 3 saturated heterocycles. The van der Waals surface area contributed by atoms with Crippen molar-refractivity contribution in [3.8, 4) is 11.4 Å². The van der Waals surface area contributed by atoms with Gasteiger partial charge in [0.25, 0.3) is 0 Å². The Morgan fingerprint density at radius 2 is 1.70 bits per heavy atom. The van der Waals surface area contributed by atoms with Crippen LogP contribution in [0.1, 0.15) is 60.3 Å². The molecule has 350 valence electrons. The molecule has 6 heterocycles. The number of hydrogen-bond acceptors (Lipinski definition) is 17. The van der Waals surface area contributed by atoms with E-state index in [-0.39, 0.29) is 24.9 Å². The van der Waals surface area contributed by atoms with Crippen molar-refractivity contribution in [2.45, 2.75) is 147 Å². The van der Waals surface area contributed by atoms with Crippen LogP contribution in [-0.2, 0) is 54.0 Å². The second-order valence-corrected chi connectivity index (χ2v) is 17.6. The number of ketones is 1. The summed E-state index contributed by atoms with van der Waals surface area (Å²) in [5.74, 6) is -2.90. The number of aromatic nitrogens is 4. The normalized spacial score (nSPS) is 39.6. The molecule has 17 atom stereocenters. The number of nitrogens with zero attached hydrogens (tertiary/aromatic N) is 5. The van der Waals surface area contributed by atoms with E-state index in [1.54, 1.807) is 43.1 Å². The molecule has 0 amide bonds. The maximum Gasteiger partial charge on any atom is 0.308 e. The molecule has 4 aliphatic heterocycles. The van der Waals surface area contributed by atoms with Crippen molar-refractivity contribution in [1.29, 1.82) is 0 Å². The molecule has 0 radical (unpaired) electrons. The van der Waals surface area contributed by atoms with Crippen LogP contribution in [0.5, 0.6) is 0 Å². The average molecular weight is 886 g/mol. The van der Waals surface area contributed by atoms with E-state index in [0.29, 0.717) is 37.2 Å². The molecule has 0 bridgehead atoms. The number of aliphatic hydroxyl groups excluding tert-OH is 3. The number of carbonyl (C=O) groups excluding carboxylic acids is 2. The van der Waals surface area contributed by atoms with Gasteiger partial charge in [0, 0.05) is 44.7 Å². The van der Waals surface area contributed by atoms with E-state index in [1.165, 1.54) is 14.2 Å². The van der Waals surface area contributed by atoms with E-state index in [9.17, 15) is 24.9 Å². The Hall–Kier alpha value is -3.53. The number of hydrogen-bond donors (Lipinski definition) is 3. The van der Waals surface area contributed by atoms with Gasteiger partial charge in [0.05, 0.1) is 49.3 Å². The number of pyridine rings is 1. The molecule has 63 heavy (non-hydrogen) atoms. The summed E-state index contributed by atoms with van der Waals surface area (Å²) in [4.78, 5) is 34.1. The third-order valence-corrected chi connectivity index (χ3v) is 12.8. The highest BCUT2D eigenvalue weighted by Crippen LogP contribution is 2.41. The van der Waals surface area contributed by atoms with Crippen LogP contribution in [0.3, 0.4) is 0 Å². The fourth-order valence-corrected chi connectivity index (χ4v) is 9.03. The minimum absolute atomic E-state index is 0.0278. The molecule has 0 aromatic carbocycles. The number of aliphatic hydroxyl groups is 3. The van der Waals surface area contributed by atoms with Crippen LogP contribution in [0.4, 0.5) is 0 Å². The van der Waals surface area contributed by atoms with Gasteiger partial charge >= 0.3 is 5.97 Å². The number of likely N-dealkylation sites (N-methyl/N-ethyl adjacent to an activating group) is 1. The van der Waals surface area contributed by atoms with Gasteiger partial charge in [-0.1, -0.05) is 49.8 Å². The fourth-order valence-electron chi connectivity index (χ4n) is 9.03. The van der Waals surface area contributed by atoms with Crippen LogP contribution in [-0.4, -0.2) is 167 Å². The van der Waals surface area contributed by atoms with Gasteiger partial charge in [-0.3, -0.25) is 19.3 Å². The van der Waals surface area contributed by atoms with Crippen LogP contribution < -0.4 is 0 Å². The second-order valence-electron chi connectivity index (χ2n) is 17.6. The number of cyclic esters (lactones) is 1. The molecule has 2 aromatic rings. The standard InChI is InChI=1S/C45H67N5O13/c1-10-34-29(23-58-44-42(57-9)41(56-8)37(54)27(5)59-44)19-24(2)14-15-32(51)25(3)20-28(16-18-50-22-31(47-48-50)30-13-11-12-17-46-30)39(26(4)33(52)21-35(53)60-34)61-43-38(55)36(49(6)7)40-45(62-40)63-43/h11-15,17,19,22,25-29,33-34,36-45,52,54-55H,10,16,18,20-21,23H2,1-9H3/b15-14+,24-19+/t25-,26+,27?,28+,29-,33-,34-,36?,37-,38?,39-,40+,41+,42?,43-,44-,45+/m1/s1. The maximum atomic E-state index is 14.0. The molecule has 3 N–H and O–H groups in total. The largest absolute Gasteiger partial charge is 0.462 e. The molecular weight excluding hydrogens is 819 g/mol. The van der Waals surface area contributed by atoms with Crippen molar-refractivity contribution in [1.82, 2.24) is 24.9 Å². The Labute approximate surface area is 369 Å². The van der Waals surface area contributed by atoms with Crippen molar-refractivity contribution < 1.29 is 62.8 Å². The van der Waals surface area contributed by atoms with E-state index in [4.69, 9.17) is 37.9 Å². The van der Waals surface area contributed by atoms with Crippen molar-refractivity contribution in [2.24, 2.45) is 23.7 Å². The van der Waals surface area contributed by atoms with Gasteiger partial charge in [-0.05, 0) is 71.3 Å². The Kier molecular flexibility index (Phi) is 17.2. The number of fused-ring (bicyclic) bond motifs is 1. The Balaban J connectivity index is 1.29. The molecule has 0 aliphatic carbocycles. The lowest BCUT2D eigenvalue weighted by Gasteiger charge is -2.42. The van der Waals surface area contributed by atoms with Gasteiger partial charge in [0.15, 0.2) is 24.7 Å². The zero-order chi connectivity index (χ0) is 45.5. The molecule has 0 saturated carbocycles. The quantitative estimate of drug-likeness (QED) is 0.195. The predicted molar refractivity (Wildman–Crippen MR) is 226 cm³/mol. The summed E-state index contributed by atoms with van der Waals surface area (Å²) in [6.45, 7) is 9.50. The predicted octanol–water partition coefficient (Wildman–Crippen LogP) is 2.69. The zero-order valence-electron chi connectivity index (χ0n) is 37.8. The number of methoxy groups -OCH3 is 2. The second kappa shape index (κ2) is 22.1. The third kappa shape index (κ3) is 12.0. The molecule has 2 aromatic heterocycles. The monoisotopic (exact) mass is 885 g/mol. The van der Waals surface area contributed by atoms with Gasteiger partial charge in [-0.15, -0.1) is 5.10 Å². The van der Waals surface area contributed by atoms with E-state index in [1.807, 2.05) is 64.0 Å². The minimum Gasteiger partial charge on any atom is -0.462 e. The van der Waals surface area contributed by atoms with Gasteiger partial charge in [-0.2, -0.15) is 0 Å². The highest BCUT2D eigenvalue weighted by atomic mass is 16.8. The fraction of sp³-hybridized carbons (Fsp3) is 0.711. The van der Waals surface area contributed by atoms with E-state index < -0.39 is 103 Å². The highest BCUT2D eigenvalue weighted by molar-refractivity contribution is 5.91. The molecule has 3 fully saturated rings. The van der Waals surface area contributed by atoms with E-state index in [0.717, 1.165) is 5.57 Å². The smallest absolute Gasteiger partial charge is 0.308 e. The molecule has 18 heteroatoms. The number of aryl methyl sites for hydroxylation is 1. The van der Waals surface area contributed by atoms with Crippen molar-refractivity contribution in [3.05, 3.63) is 54.4 Å². The topological polar surface area (TPSA) is 219 Å². The summed E-state index contributed by atoms with van der Waals surface area (Å²) in [7, 11) is 6.66. The highest BCUT2D eigenvalue weighted by Gasteiger charge is 2.58. The van der Waals surface area contributed by atoms with Crippen LogP contribution in [0.15, 0.2) is 54.4 Å². The molecule has 4 unspecified atom stereocenters. The minimum atomic E-state index is -1.26. The van der Waals surface area contributed by atoms with Gasteiger partial charge in [0.1, 0.15) is 42.3 Å². The van der Waals surface area contributed by atoms with Crippen LogP contribution >= 0.6 is 0 Å². The van der Waals surface area contributed by atoms with E-state index in [2.05, 4.69) is 15.3 Å². The van der Waals surface area contributed by atoms with Crippen molar-refractivity contribution in [3.63, 3.8) is 0 Å². The van der Waals surface area contributed by atoms with Gasteiger partial charge < -0.3 is 58.1 Å². The average Bonchev–Trinajstić information content (AvgIpc) is 3.87. The molecular formula is C45H67N5O13. The zero-order valence-corrected chi connectivity index (χ0v) is 37.8.